The lowest BCUT2D eigenvalue weighted by Gasteiger charge is -2.26. The van der Waals surface area contributed by atoms with Gasteiger partial charge in [-0.1, -0.05) is 0 Å². The first kappa shape index (κ1) is 12.4. The topological polar surface area (TPSA) is 54.7 Å². The Kier molecular flexibility index (Phi) is 3.61. The van der Waals surface area contributed by atoms with Gasteiger partial charge in [0.05, 0.1) is 13.2 Å². The van der Waals surface area contributed by atoms with Crippen LogP contribution in [0.2, 0.25) is 0 Å². The third kappa shape index (κ3) is 2.85. The van der Waals surface area contributed by atoms with E-state index < -0.39 is 0 Å². The van der Waals surface area contributed by atoms with E-state index in [0.29, 0.717) is 0 Å². The van der Waals surface area contributed by atoms with Crippen LogP contribution in [0.15, 0.2) is 18.5 Å². The van der Waals surface area contributed by atoms with Gasteiger partial charge in [-0.15, -0.1) is 0 Å². The van der Waals surface area contributed by atoms with Crippen molar-refractivity contribution in [2.75, 3.05) is 44.7 Å². The van der Waals surface area contributed by atoms with Crippen molar-refractivity contribution in [1.82, 2.24) is 19.5 Å². The number of nitrogens with one attached hydrogen (secondary N) is 1. The molecule has 0 unspecified atom stereocenters. The fourth-order valence-electron chi connectivity index (χ4n) is 2.35. The lowest BCUT2D eigenvalue weighted by Crippen LogP contribution is -2.39. The lowest BCUT2D eigenvalue weighted by molar-refractivity contribution is 0.0398. The van der Waals surface area contributed by atoms with Gasteiger partial charge in [0, 0.05) is 26.2 Å². The van der Waals surface area contributed by atoms with Crippen LogP contribution in [0.4, 0.5) is 5.82 Å². The van der Waals surface area contributed by atoms with E-state index in [4.69, 9.17) is 4.74 Å². The van der Waals surface area contributed by atoms with Crippen LogP contribution >= 0.6 is 0 Å². The van der Waals surface area contributed by atoms with Gasteiger partial charge in [-0.3, -0.25) is 4.90 Å². The first-order chi connectivity index (χ1) is 9.33. The molecule has 1 aliphatic heterocycles. The molecular weight excluding hydrogens is 242 g/mol. The van der Waals surface area contributed by atoms with Crippen molar-refractivity contribution in [3.63, 3.8) is 0 Å². The summed E-state index contributed by atoms with van der Waals surface area (Å²) in [7, 11) is 0. The Balaban J connectivity index is 1.63. The van der Waals surface area contributed by atoms with Crippen molar-refractivity contribution in [1.29, 1.82) is 0 Å². The van der Waals surface area contributed by atoms with Gasteiger partial charge in [0.1, 0.15) is 12.1 Å². The summed E-state index contributed by atoms with van der Waals surface area (Å²) in [4.78, 5) is 6.63. The Morgan fingerprint density at radius 3 is 3.00 bits per heavy atom. The van der Waals surface area contributed by atoms with Crippen molar-refractivity contribution >= 4 is 11.5 Å². The normalized spacial score (nSPS) is 16.9. The summed E-state index contributed by atoms with van der Waals surface area (Å²) in [6, 6.07) is 4.13. The summed E-state index contributed by atoms with van der Waals surface area (Å²) in [6.45, 7) is 7.73. The first-order valence-electron chi connectivity index (χ1n) is 6.67. The molecule has 2 aromatic heterocycles. The summed E-state index contributed by atoms with van der Waals surface area (Å²) < 4.78 is 7.18. The maximum atomic E-state index is 5.34. The number of pyridine rings is 1. The summed E-state index contributed by atoms with van der Waals surface area (Å²) in [5, 5.41) is 7.67. The lowest BCUT2D eigenvalue weighted by atomic mass is 10.3. The summed E-state index contributed by atoms with van der Waals surface area (Å²) in [6.07, 6.45) is 1.59. The number of fused-ring (bicyclic) bond motifs is 1. The molecule has 0 radical (unpaired) electrons. The highest BCUT2D eigenvalue weighted by Crippen LogP contribution is 2.12. The average molecular weight is 261 g/mol. The highest BCUT2D eigenvalue weighted by Gasteiger charge is 2.10. The number of hydrogen-bond donors (Lipinski definition) is 1. The maximum Gasteiger partial charge on any atom is 0.157 e. The summed E-state index contributed by atoms with van der Waals surface area (Å²) in [5.41, 5.74) is 2.07. The molecular formula is C13H19N5O. The van der Waals surface area contributed by atoms with Gasteiger partial charge < -0.3 is 10.1 Å². The highest BCUT2D eigenvalue weighted by atomic mass is 16.5. The number of hydrogen-bond acceptors (Lipinski definition) is 5. The van der Waals surface area contributed by atoms with Crippen molar-refractivity contribution < 1.29 is 4.74 Å². The molecule has 1 saturated heterocycles. The summed E-state index contributed by atoms with van der Waals surface area (Å²) >= 11 is 0. The van der Waals surface area contributed by atoms with Crippen LogP contribution in [0.3, 0.4) is 0 Å². The Hall–Kier alpha value is -1.66. The van der Waals surface area contributed by atoms with Crippen LogP contribution in [0.1, 0.15) is 5.56 Å². The van der Waals surface area contributed by atoms with Crippen LogP contribution in [0.5, 0.6) is 0 Å². The molecule has 1 aliphatic rings. The van der Waals surface area contributed by atoms with E-state index in [2.05, 4.69) is 33.3 Å². The smallest absolute Gasteiger partial charge is 0.157 e. The second kappa shape index (κ2) is 5.54. The van der Waals surface area contributed by atoms with Crippen molar-refractivity contribution in [3.8, 4) is 0 Å². The molecule has 1 N–H and O–H groups in total. The number of rotatable bonds is 4. The molecule has 0 amide bonds. The Labute approximate surface area is 112 Å². The quantitative estimate of drug-likeness (QED) is 0.881. The van der Waals surface area contributed by atoms with Gasteiger partial charge in [0.15, 0.2) is 5.65 Å². The minimum absolute atomic E-state index is 0.845. The molecule has 0 aromatic carbocycles. The highest BCUT2D eigenvalue weighted by molar-refractivity contribution is 5.51. The van der Waals surface area contributed by atoms with Gasteiger partial charge in [0.25, 0.3) is 0 Å². The Morgan fingerprint density at radius 2 is 2.16 bits per heavy atom. The second-order valence-electron chi connectivity index (χ2n) is 4.83. The third-order valence-corrected chi connectivity index (χ3v) is 3.36. The molecule has 0 spiro atoms. The van der Waals surface area contributed by atoms with E-state index in [1.807, 2.05) is 10.6 Å². The van der Waals surface area contributed by atoms with Crippen molar-refractivity contribution in [2.24, 2.45) is 0 Å². The predicted molar refractivity (Wildman–Crippen MR) is 73.5 cm³/mol. The van der Waals surface area contributed by atoms with E-state index in [0.717, 1.165) is 50.9 Å². The van der Waals surface area contributed by atoms with E-state index in [1.54, 1.807) is 6.33 Å². The molecule has 3 heterocycles. The minimum Gasteiger partial charge on any atom is -0.379 e. The van der Waals surface area contributed by atoms with Crippen molar-refractivity contribution in [2.45, 2.75) is 6.92 Å². The second-order valence-corrected chi connectivity index (χ2v) is 4.83. The molecule has 3 rings (SSSR count). The van der Waals surface area contributed by atoms with Crippen LogP contribution in [0, 0.1) is 6.92 Å². The monoisotopic (exact) mass is 261 g/mol. The number of aromatic nitrogens is 3. The van der Waals surface area contributed by atoms with Gasteiger partial charge in [-0.05, 0) is 24.6 Å². The first-order valence-corrected chi connectivity index (χ1v) is 6.67. The molecule has 19 heavy (non-hydrogen) atoms. The number of nitrogens with zero attached hydrogens (tertiary/aromatic N) is 4. The molecule has 1 fully saturated rings. The SMILES string of the molecule is Cc1cc(NCCN2CCOCC2)n2ncnc2c1. The largest absolute Gasteiger partial charge is 0.379 e. The van der Waals surface area contributed by atoms with Crippen LogP contribution < -0.4 is 5.32 Å². The number of ether oxygens (including phenoxy) is 1. The molecule has 102 valence electrons. The molecule has 0 saturated carbocycles. The molecule has 2 aromatic rings. The zero-order valence-electron chi connectivity index (χ0n) is 11.2. The van der Waals surface area contributed by atoms with Gasteiger partial charge in [-0.2, -0.15) is 9.61 Å². The van der Waals surface area contributed by atoms with E-state index in [-0.39, 0.29) is 0 Å². The summed E-state index contributed by atoms with van der Waals surface area (Å²) in [5.74, 6) is 1.00. The van der Waals surface area contributed by atoms with Crippen molar-refractivity contribution in [3.05, 3.63) is 24.0 Å². The standard InChI is InChI=1S/C13H19N5O/c1-11-8-12(18-13(9-11)15-10-16-18)14-2-3-17-4-6-19-7-5-17/h8-10,14H,2-7H2,1H3. The van der Waals surface area contributed by atoms with E-state index >= 15 is 0 Å². The minimum atomic E-state index is 0.845. The van der Waals surface area contributed by atoms with E-state index in [9.17, 15) is 0 Å². The average Bonchev–Trinajstić information content (AvgIpc) is 2.88. The molecule has 0 bridgehead atoms. The molecule has 6 nitrogen and oxygen atoms in total. The number of anilines is 1. The molecule has 0 atom stereocenters. The zero-order valence-corrected chi connectivity index (χ0v) is 11.2. The van der Waals surface area contributed by atoms with Crippen LogP contribution in [0.25, 0.3) is 5.65 Å². The number of aryl methyl sites for hydroxylation is 1. The maximum absolute atomic E-state index is 5.34. The van der Waals surface area contributed by atoms with Crippen LogP contribution in [-0.4, -0.2) is 58.9 Å². The molecule has 6 heteroatoms. The Morgan fingerprint density at radius 1 is 1.32 bits per heavy atom. The number of morpholine rings is 1. The third-order valence-electron chi connectivity index (χ3n) is 3.36. The van der Waals surface area contributed by atoms with Gasteiger partial charge in [0.2, 0.25) is 0 Å². The van der Waals surface area contributed by atoms with Gasteiger partial charge >= 0.3 is 0 Å². The zero-order chi connectivity index (χ0) is 13.1. The molecule has 0 aliphatic carbocycles. The predicted octanol–water partition coefficient (Wildman–Crippen LogP) is 0.782. The van der Waals surface area contributed by atoms with Crippen LogP contribution in [-0.2, 0) is 4.74 Å². The fourth-order valence-corrected chi connectivity index (χ4v) is 2.35. The van der Waals surface area contributed by atoms with Gasteiger partial charge in [-0.25, -0.2) is 4.98 Å². The van der Waals surface area contributed by atoms with E-state index in [1.165, 1.54) is 5.56 Å². The fraction of sp³-hybridized carbons (Fsp3) is 0.538. The Bertz CT molecular complexity index is 547.